The van der Waals surface area contributed by atoms with Crippen LogP contribution >= 0.6 is 0 Å². The SMILES string of the molecule is NC(=O)Cc1ccccc1-c1ccc(F)cc1F. The van der Waals surface area contributed by atoms with Crippen LogP contribution in [0.4, 0.5) is 8.78 Å². The van der Waals surface area contributed by atoms with E-state index in [0.717, 1.165) is 6.07 Å². The first kappa shape index (κ1) is 12.2. The van der Waals surface area contributed by atoms with Crippen molar-refractivity contribution < 1.29 is 13.6 Å². The number of halogens is 2. The Labute approximate surface area is 103 Å². The smallest absolute Gasteiger partial charge is 0.221 e. The van der Waals surface area contributed by atoms with E-state index in [2.05, 4.69) is 0 Å². The highest BCUT2D eigenvalue weighted by molar-refractivity contribution is 5.80. The molecule has 0 aliphatic carbocycles. The summed E-state index contributed by atoms with van der Waals surface area (Å²) in [5, 5.41) is 0. The molecule has 0 unspecified atom stereocenters. The Hall–Kier alpha value is -2.23. The van der Waals surface area contributed by atoms with Crippen molar-refractivity contribution in [3.8, 4) is 11.1 Å². The Morgan fingerprint density at radius 2 is 1.78 bits per heavy atom. The van der Waals surface area contributed by atoms with Crippen LogP contribution in [0.3, 0.4) is 0 Å². The van der Waals surface area contributed by atoms with Crippen molar-refractivity contribution in [2.45, 2.75) is 6.42 Å². The van der Waals surface area contributed by atoms with E-state index in [9.17, 15) is 13.6 Å². The summed E-state index contributed by atoms with van der Waals surface area (Å²) in [4.78, 5) is 11.0. The zero-order valence-corrected chi connectivity index (χ0v) is 9.49. The Morgan fingerprint density at radius 3 is 2.44 bits per heavy atom. The molecule has 0 heterocycles. The summed E-state index contributed by atoms with van der Waals surface area (Å²) >= 11 is 0. The molecule has 0 saturated heterocycles. The molecule has 92 valence electrons. The lowest BCUT2D eigenvalue weighted by Crippen LogP contribution is -2.14. The van der Waals surface area contributed by atoms with Crippen molar-refractivity contribution >= 4 is 5.91 Å². The molecule has 18 heavy (non-hydrogen) atoms. The molecule has 2 rings (SSSR count). The van der Waals surface area contributed by atoms with Gasteiger partial charge in [-0.15, -0.1) is 0 Å². The molecule has 4 heteroatoms. The average Bonchev–Trinajstić information content (AvgIpc) is 2.30. The normalized spacial score (nSPS) is 10.3. The Morgan fingerprint density at radius 1 is 1.06 bits per heavy atom. The molecule has 1 amide bonds. The largest absolute Gasteiger partial charge is 0.369 e. The van der Waals surface area contributed by atoms with Gasteiger partial charge in [-0.25, -0.2) is 8.78 Å². The second-order valence-corrected chi connectivity index (χ2v) is 3.92. The van der Waals surface area contributed by atoms with Gasteiger partial charge in [0, 0.05) is 11.6 Å². The topological polar surface area (TPSA) is 43.1 Å². The summed E-state index contributed by atoms with van der Waals surface area (Å²) in [5.74, 6) is -1.79. The fourth-order valence-electron chi connectivity index (χ4n) is 1.83. The summed E-state index contributed by atoms with van der Waals surface area (Å²) in [5.41, 5.74) is 6.57. The monoisotopic (exact) mass is 247 g/mol. The molecule has 2 N–H and O–H groups in total. The molecule has 2 nitrogen and oxygen atoms in total. The van der Waals surface area contributed by atoms with E-state index in [-0.39, 0.29) is 12.0 Å². The van der Waals surface area contributed by atoms with Gasteiger partial charge in [0.1, 0.15) is 11.6 Å². The highest BCUT2D eigenvalue weighted by Gasteiger charge is 2.11. The van der Waals surface area contributed by atoms with Crippen molar-refractivity contribution in [3.63, 3.8) is 0 Å². The van der Waals surface area contributed by atoms with Gasteiger partial charge in [0.25, 0.3) is 0 Å². The maximum absolute atomic E-state index is 13.7. The molecule has 0 aliphatic rings. The molecule has 0 aromatic heterocycles. The first-order valence-electron chi connectivity index (χ1n) is 5.39. The number of carbonyl (C=O) groups is 1. The lowest BCUT2D eigenvalue weighted by Gasteiger charge is -2.09. The summed E-state index contributed by atoms with van der Waals surface area (Å²) in [7, 11) is 0. The molecule has 0 aliphatic heterocycles. The molecule has 2 aromatic carbocycles. The molecule has 0 fully saturated rings. The highest BCUT2D eigenvalue weighted by atomic mass is 19.1. The van der Waals surface area contributed by atoms with Crippen LogP contribution in [0.1, 0.15) is 5.56 Å². The molecule has 0 radical (unpaired) electrons. The number of nitrogens with two attached hydrogens (primary N) is 1. The van der Waals surface area contributed by atoms with E-state index in [1.807, 2.05) is 0 Å². The number of amides is 1. The first-order valence-corrected chi connectivity index (χ1v) is 5.39. The number of rotatable bonds is 3. The Bertz CT molecular complexity index is 596. The van der Waals surface area contributed by atoms with Gasteiger partial charge in [-0.3, -0.25) is 4.79 Å². The van der Waals surface area contributed by atoms with Crippen molar-refractivity contribution in [3.05, 3.63) is 59.7 Å². The molecule has 0 saturated carbocycles. The third-order valence-electron chi connectivity index (χ3n) is 2.60. The van der Waals surface area contributed by atoms with Crippen LogP contribution in [-0.2, 0) is 11.2 Å². The summed E-state index contributed by atoms with van der Waals surface area (Å²) in [6.45, 7) is 0. The first-order chi connectivity index (χ1) is 8.58. The number of primary amides is 1. The van der Waals surface area contributed by atoms with Crippen LogP contribution in [0.25, 0.3) is 11.1 Å². The number of hydrogen-bond donors (Lipinski definition) is 1. The molecular weight excluding hydrogens is 236 g/mol. The van der Waals surface area contributed by atoms with Crippen molar-refractivity contribution in [1.82, 2.24) is 0 Å². The fourth-order valence-corrected chi connectivity index (χ4v) is 1.83. The van der Waals surface area contributed by atoms with Crippen LogP contribution in [0.15, 0.2) is 42.5 Å². The summed E-state index contributed by atoms with van der Waals surface area (Å²) in [6.07, 6.45) is 0.0208. The van der Waals surface area contributed by atoms with E-state index in [1.54, 1.807) is 24.3 Å². The van der Waals surface area contributed by atoms with E-state index in [0.29, 0.717) is 11.1 Å². The molecule has 0 atom stereocenters. The van der Waals surface area contributed by atoms with Gasteiger partial charge in [-0.05, 0) is 23.3 Å². The Balaban J connectivity index is 2.53. The van der Waals surface area contributed by atoms with Gasteiger partial charge < -0.3 is 5.73 Å². The van der Waals surface area contributed by atoms with Gasteiger partial charge in [0.15, 0.2) is 0 Å². The van der Waals surface area contributed by atoms with Gasteiger partial charge in [0.2, 0.25) is 5.91 Å². The molecular formula is C14H11F2NO. The Kier molecular flexibility index (Phi) is 3.37. The zero-order chi connectivity index (χ0) is 13.1. The van der Waals surface area contributed by atoms with Gasteiger partial charge in [-0.2, -0.15) is 0 Å². The van der Waals surface area contributed by atoms with Crippen LogP contribution in [0.2, 0.25) is 0 Å². The summed E-state index contributed by atoms with van der Waals surface area (Å²) in [6, 6.07) is 10.2. The predicted octanol–water partition coefficient (Wildman–Crippen LogP) is 2.66. The van der Waals surface area contributed by atoms with E-state index in [4.69, 9.17) is 5.73 Å². The standard InChI is InChI=1S/C14H11F2NO/c15-10-5-6-12(13(16)8-10)11-4-2-1-3-9(11)7-14(17)18/h1-6,8H,7H2,(H2,17,18). The predicted molar refractivity (Wildman–Crippen MR) is 64.7 cm³/mol. The van der Waals surface area contributed by atoms with E-state index in [1.165, 1.54) is 12.1 Å². The average molecular weight is 247 g/mol. The van der Waals surface area contributed by atoms with Gasteiger partial charge >= 0.3 is 0 Å². The van der Waals surface area contributed by atoms with Crippen molar-refractivity contribution in [2.75, 3.05) is 0 Å². The van der Waals surface area contributed by atoms with E-state index >= 15 is 0 Å². The van der Waals surface area contributed by atoms with Gasteiger partial charge in [0.05, 0.1) is 6.42 Å². The lowest BCUT2D eigenvalue weighted by molar-refractivity contribution is -0.117. The molecule has 0 bridgehead atoms. The second-order valence-electron chi connectivity index (χ2n) is 3.92. The minimum Gasteiger partial charge on any atom is -0.369 e. The third-order valence-corrected chi connectivity index (χ3v) is 2.60. The van der Waals surface area contributed by atoms with Crippen LogP contribution in [0.5, 0.6) is 0 Å². The number of hydrogen-bond acceptors (Lipinski definition) is 1. The van der Waals surface area contributed by atoms with Crippen LogP contribution in [-0.4, -0.2) is 5.91 Å². The number of carbonyl (C=O) groups excluding carboxylic acids is 1. The minimum absolute atomic E-state index is 0.0208. The maximum Gasteiger partial charge on any atom is 0.221 e. The highest BCUT2D eigenvalue weighted by Crippen LogP contribution is 2.27. The minimum atomic E-state index is -0.660. The van der Waals surface area contributed by atoms with Crippen molar-refractivity contribution in [2.24, 2.45) is 5.73 Å². The lowest BCUT2D eigenvalue weighted by atomic mass is 9.97. The number of benzene rings is 2. The molecule has 2 aromatic rings. The maximum atomic E-state index is 13.7. The van der Waals surface area contributed by atoms with Gasteiger partial charge in [-0.1, -0.05) is 24.3 Å². The van der Waals surface area contributed by atoms with E-state index < -0.39 is 17.5 Å². The summed E-state index contributed by atoms with van der Waals surface area (Å²) < 4.78 is 26.6. The fraction of sp³-hybridized carbons (Fsp3) is 0.0714. The van der Waals surface area contributed by atoms with Crippen LogP contribution in [0, 0.1) is 11.6 Å². The quantitative estimate of drug-likeness (QED) is 0.890. The van der Waals surface area contributed by atoms with Crippen molar-refractivity contribution in [1.29, 1.82) is 0 Å². The zero-order valence-electron chi connectivity index (χ0n) is 9.49. The molecule has 0 spiro atoms. The second kappa shape index (κ2) is 4.96. The van der Waals surface area contributed by atoms with Crippen LogP contribution < -0.4 is 5.73 Å². The third kappa shape index (κ3) is 2.53.